The number of nitrogens with zero attached hydrogens (tertiary/aromatic N) is 3. The Balaban J connectivity index is 2.69. The minimum absolute atomic E-state index is 0.0600. The van der Waals surface area contributed by atoms with Gasteiger partial charge in [-0.25, -0.2) is 10.2 Å². The van der Waals surface area contributed by atoms with Gasteiger partial charge in [0.2, 0.25) is 5.71 Å². The predicted octanol–water partition coefficient (Wildman–Crippen LogP) is 0.382. The molecule has 2 amide bonds. The molecule has 0 aromatic heterocycles. The van der Waals surface area contributed by atoms with Gasteiger partial charge in [0.1, 0.15) is 0 Å². The summed E-state index contributed by atoms with van der Waals surface area (Å²) in [6.07, 6.45) is 0. The van der Waals surface area contributed by atoms with Crippen molar-refractivity contribution in [2.45, 2.75) is 13.8 Å². The number of esters is 1. The molecule has 130 valence electrons. The minimum Gasteiger partial charge on any atom is -0.461 e. The molecule has 0 fully saturated rings. The maximum absolute atomic E-state index is 11.7. The van der Waals surface area contributed by atoms with E-state index in [4.69, 9.17) is 10.5 Å². The Morgan fingerprint density at radius 2 is 1.88 bits per heavy atom. The Hall–Kier alpha value is -3.74. The van der Waals surface area contributed by atoms with Crippen molar-refractivity contribution in [3.63, 3.8) is 0 Å². The van der Waals surface area contributed by atoms with Crippen LogP contribution < -0.4 is 10.7 Å². The molecule has 0 saturated carbocycles. The number of hydrazone groups is 1. The Labute approximate surface area is 142 Å². The number of carbonyl (C=O) groups excluding carboxylic acids is 3. The van der Waals surface area contributed by atoms with E-state index in [1.165, 1.54) is 31.2 Å². The van der Waals surface area contributed by atoms with Gasteiger partial charge in [0.15, 0.2) is 0 Å². The summed E-state index contributed by atoms with van der Waals surface area (Å²) in [6, 6.07) is 7.77. The van der Waals surface area contributed by atoms with E-state index in [0.29, 0.717) is 11.3 Å². The number of amides is 2. The first-order chi connectivity index (χ1) is 11.9. The second-order valence-electron chi connectivity index (χ2n) is 4.45. The van der Waals surface area contributed by atoms with E-state index < -0.39 is 23.5 Å². The number of anilines is 1. The molecule has 10 nitrogen and oxygen atoms in total. The molecule has 0 atom stereocenters. The normalized spacial score (nSPS) is 11.2. The highest BCUT2D eigenvalue weighted by molar-refractivity contribution is 6.65. The molecule has 3 N–H and O–H groups in total. The fourth-order valence-corrected chi connectivity index (χ4v) is 1.51. The van der Waals surface area contributed by atoms with E-state index >= 15 is 0 Å². The van der Waals surface area contributed by atoms with Crippen LogP contribution in [0.15, 0.2) is 34.5 Å². The summed E-state index contributed by atoms with van der Waals surface area (Å²) in [5.74, 6) is -3.05. The number of nitriles is 1. The summed E-state index contributed by atoms with van der Waals surface area (Å²) in [4.78, 5) is 34.9. The topological polar surface area (TPSA) is 153 Å². The predicted molar refractivity (Wildman–Crippen MR) is 86.9 cm³/mol. The number of rotatable bonds is 5. The lowest BCUT2D eigenvalue weighted by Gasteiger charge is -2.05. The fraction of sp³-hybridized carbons (Fsp3) is 0.200. The molecule has 25 heavy (non-hydrogen) atoms. The monoisotopic (exact) mass is 345 g/mol. The molecular weight excluding hydrogens is 330 g/mol. The van der Waals surface area contributed by atoms with E-state index in [1.54, 1.807) is 6.92 Å². The summed E-state index contributed by atoms with van der Waals surface area (Å²) in [5, 5.41) is 26.0. The van der Waals surface area contributed by atoms with Crippen molar-refractivity contribution in [1.29, 1.82) is 5.26 Å². The average Bonchev–Trinajstić information content (AvgIpc) is 2.61. The Bertz CT molecular complexity index is 762. The second kappa shape index (κ2) is 9.41. The lowest BCUT2D eigenvalue weighted by Crippen LogP contribution is -2.34. The number of hydrogen-bond acceptors (Lipinski definition) is 8. The quantitative estimate of drug-likeness (QED) is 0.230. The van der Waals surface area contributed by atoms with Crippen molar-refractivity contribution in [3.05, 3.63) is 29.8 Å². The third kappa shape index (κ3) is 5.76. The molecule has 0 heterocycles. The summed E-state index contributed by atoms with van der Waals surface area (Å²) in [5.41, 5.74) is 1.97. The van der Waals surface area contributed by atoms with Crippen LogP contribution in [0.25, 0.3) is 0 Å². The van der Waals surface area contributed by atoms with E-state index in [-0.39, 0.29) is 12.3 Å². The first-order valence-corrected chi connectivity index (χ1v) is 6.98. The Kier molecular flexibility index (Phi) is 7.27. The van der Waals surface area contributed by atoms with Crippen molar-refractivity contribution < 1.29 is 24.3 Å². The highest BCUT2D eigenvalue weighted by atomic mass is 16.5. The Morgan fingerprint density at radius 3 is 2.40 bits per heavy atom. The average molecular weight is 345 g/mol. The van der Waals surface area contributed by atoms with Gasteiger partial charge in [-0.1, -0.05) is 5.16 Å². The number of nitrogens with one attached hydrogen (secondary N) is 2. The van der Waals surface area contributed by atoms with Crippen molar-refractivity contribution in [2.24, 2.45) is 10.3 Å². The van der Waals surface area contributed by atoms with Crippen LogP contribution in [0.3, 0.4) is 0 Å². The summed E-state index contributed by atoms with van der Waals surface area (Å²) < 4.78 is 4.64. The molecule has 0 unspecified atom stereocenters. The van der Waals surface area contributed by atoms with Gasteiger partial charge in [-0.3, -0.25) is 9.59 Å². The number of ether oxygens (including phenoxy) is 1. The van der Waals surface area contributed by atoms with Crippen LogP contribution in [0.5, 0.6) is 0 Å². The summed E-state index contributed by atoms with van der Waals surface area (Å²) >= 11 is 0. The molecule has 1 aromatic rings. The zero-order chi connectivity index (χ0) is 18.8. The van der Waals surface area contributed by atoms with E-state index in [0.717, 1.165) is 0 Å². The van der Waals surface area contributed by atoms with Crippen LogP contribution in [0.1, 0.15) is 19.4 Å². The zero-order valence-corrected chi connectivity index (χ0v) is 13.4. The SMILES string of the molecule is CCOC(=O)C(=N\O)/C(C)=N/NC(=O)C(=O)Nc1ccc(C#N)cc1. The van der Waals surface area contributed by atoms with Gasteiger partial charge in [0.25, 0.3) is 0 Å². The fourth-order valence-electron chi connectivity index (χ4n) is 1.51. The molecule has 0 spiro atoms. The highest BCUT2D eigenvalue weighted by Crippen LogP contribution is 2.08. The lowest BCUT2D eigenvalue weighted by atomic mass is 10.2. The lowest BCUT2D eigenvalue weighted by molar-refractivity contribution is -0.136. The largest absolute Gasteiger partial charge is 0.461 e. The van der Waals surface area contributed by atoms with E-state index in [2.05, 4.69) is 20.3 Å². The molecular formula is C15H15N5O5. The molecule has 1 aromatic carbocycles. The van der Waals surface area contributed by atoms with Gasteiger partial charge >= 0.3 is 17.8 Å². The molecule has 0 aliphatic heterocycles. The number of benzene rings is 1. The van der Waals surface area contributed by atoms with Crippen molar-refractivity contribution >= 4 is 34.9 Å². The molecule has 0 bridgehead atoms. The number of hydrogen-bond donors (Lipinski definition) is 3. The van der Waals surface area contributed by atoms with Crippen molar-refractivity contribution in [3.8, 4) is 6.07 Å². The first-order valence-electron chi connectivity index (χ1n) is 6.98. The van der Waals surface area contributed by atoms with Crippen LogP contribution in [0.2, 0.25) is 0 Å². The third-order valence-corrected chi connectivity index (χ3v) is 2.71. The summed E-state index contributed by atoms with van der Waals surface area (Å²) in [6.45, 7) is 2.91. The smallest absolute Gasteiger partial charge is 0.362 e. The van der Waals surface area contributed by atoms with Crippen LogP contribution in [-0.4, -0.2) is 41.0 Å². The number of carbonyl (C=O) groups is 3. The van der Waals surface area contributed by atoms with Gasteiger partial charge < -0.3 is 15.3 Å². The third-order valence-electron chi connectivity index (χ3n) is 2.71. The van der Waals surface area contributed by atoms with Gasteiger partial charge in [0, 0.05) is 5.69 Å². The van der Waals surface area contributed by atoms with Gasteiger partial charge in [-0.2, -0.15) is 10.4 Å². The second-order valence-corrected chi connectivity index (χ2v) is 4.45. The molecule has 0 saturated heterocycles. The summed E-state index contributed by atoms with van der Waals surface area (Å²) in [7, 11) is 0. The van der Waals surface area contributed by atoms with Crippen LogP contribution >= 0.6 is 0 Å². The van der Waals surface area contributed by atoms with Crippen molar-refractivity contribution in [2.75, 3.05) is 11.9 Å². The molecule has 0 aliphatic carbocycles. The first kappa shape index (κ1) is 19.3. The number of oxime groups is 1. The molecule has 10 heteroatoms. The molecule has 0 radical (unpaired) electrons. The van der Waals surface area contributed by atoms with E-state index in [9.17, 15) is 14.4 Å². The van der Waals surface area contributed by atoms with Gasteiger partial charge in [-0.15, -0.1) is 0 Å². The molecule has 1 rings (SSSR count). The zero-order valence-electron chi connectivity index (χ0n) is 13.4. The van der Waals surface area contributed by atoms with Crippen LogP contribution in [-0.2, 0) is 19.1 Å². The van der Waals surface area contributed by atoms with Crippen LogP contribution in [0.4, 0.5) is 5.69 Å². The van der Waals surface area contributed by atoms with Crippen LogP contribution in [0, 0.1) is 11.3 Å². The van der Waals surface area contributed by atoms with E-state index in [1.807, 2.05) is 11.5 Å². The maximum atomic E-state index is 11.7. The molecule has 0 aliphatic rings. The minimum atomic E-state index is -1.11. The standard InChI is InChI=1S/C15H15N5O5/c1-3-25-15(23)12(20-24)9(2)18-19-14(22)13(21)17-11-6-4-10(8-16)5-7-11/h4-7,24H,3H2,1-2H3,(H,17,21)(H,19,22)/b18-9+,20-12-. The Morgan fingerprint density at radius 1 is 1.24 bits per heavy atom. The van der Waals surface area contributed by atoms with Gasteiger partial charge in [-0.05, 0) is 38.1 Å². The van der Waals surface area contributed by atoms with Crippen molar-refractivity contribution in [1.82, 2.24) is 5.43 Å². The van der Waals surface area contributed by atoms with Gasteiger partial charge in [0.05, 0.1) is 24.0 Å². The highest BCUT2D eigenvalue weighted by Gasteiger charge is 2.19. The maximum Gasteiger partial charge on any atom is 0.362 e.